The van der Waals surface area contributed by atoms with Gasteiger partial charge in [0, 0.05) is 18.8 Å². The smallest absolute Gasteiger partial charge is 0.289 e. The monoisotopic (exact) mass is 313 g/mol. The first-order valence-electron chi connectivity index (χ1n) is 8.21. The number of carbonyl (C=O) groups is 1. The number of aryl methyl sites for hydroxylation is 1. The summed E-state index contributed by atoms with van der Waals surface area (Å²) >= 11 is 0. The molecule has 1 fully saturated rings. The first-order valence-corrected chi connectivity index (χ1v) is 8.21. The van der Waals surface area contributed by atoms with Crippen LogP contribution < -0.4 is 5.32 Å². The maximum absolute atomic E-state index is 12.6. The molecule has 0 bridgehead atoms. The van der Waals surface area contributed by atoms with Gasteiger partial charge >= 0.3 is 0 Å². The highest BCUT2D eigenvalue weighted by Gasteiger charge is 2.34. The number of aromatic nitrogens is 2. The summed E-state index contributed by atoms with van der Waals surface area (Å²) in [6, 6.07) is 3.94. The van der Waals surface area contributed by atoms with Gasteiger partial charge in [-0.3, -0.25) is 9.78 Å². The lowest BCUT2D eigenvalue weighted by Gasteiger charge is -2.17. The van der Waals surface area contributed by atoms with Crippen LogP contribution in [0.1, 0.15) is 60.4 Å². The Morgan fingerprint density at radius 1 is 1.35 bits per heavy atom. The molecule has 1 atom stereocenters. The SMILES string of the molecule is Cc1nc(CC(C)C)oc1C(=O)NC(c1ccncc1)C1CC1. The van der Waals surface area contributed by atoms with E-state index in [1.54, 1.807) is 12.4 Å². The van der Waals surface area contributed by atoms with Crippen LogP contribution in [0, 0.1) is 18.8 Å². The quantitative estimate of drug-likeness (QED) is 0.887. The predicted octanol–water partition coefficient (Wildman–Crippen LogP) is 3.46. The average molecular weight is 313 g/mol. The van der Waals surface area contributed by atoms with E-state index in [0.29, 0.717) is 29.2 Å². The molecule has 3 rings (SSSR count). The van der Waals surface area contributed by atoms with Crippen molar-refractivity contribution < 1.29 is 9.21 Å². The second-order valence-corrected chi connectivity index (χ2v) is 6.69. The standard InChI is InChI=1S/C18H23N3O2/c1-11(2)10-15-20-12(3)17(23-15)18(22)21-16(13-4-5-13)14-6-8-19-9-7-14/h6-9,11,13,16H,4-5,10H2,1-3H3,(H,21,22). The molecule has 1 aliphatic rings. The molecular weight excluding hydrogens is 290 g/mol. The molecule has 0 radical (unpaired) electrons. The lowest BCUT2D eigenvalue weighted by Crippen LogP contribution is -2.30. The van der Waals surface area contributed by atoms with E-state index in [0.717, 1.165) is 24.8 Å². The third-order valence-electron chi connectivity index (χ3n) is 4.08. The van der Waals surface area contributed by atoms with Crippen molar-refractivity contribution in [3.05, 3.63) is 47.4 Å². The fourth-order valence-corrected chi connectivity index (χ4v) is 2.78. The summed E-state index contributed by atoms with van der Waals surface area (Å²) in [5.74, 6) is 1.73. The molecule has 0 aliphatic heterocycles. The van der Waals surface area contributed by atoms with Crippen molar-refractivity contribution >= 4 is 5.91 Å². The highest BCUT2D eigenvalue weighted by Crippen LogP contribution is 2.41. The van der Waals surface area contributed by atoms with Crippen LogP contribution in [-0.2, 0) is 6.42 Å². The number of nitrogens with zero attached hydrogens (tertiary/aromatic N) is 2. The van der Waals surface area contributed by atoms with Crippen molar-refractivity contribution in [3.8, 4) is 0 Å². The molecule has 2 aromatic heterocycles. The Bertz CT molecular complexity index is 675. The van der Waals surface area contributed by atoms with Crippen molar-refractivity contribution in [1.82, 2.24) is 15.3 Å². The third kappa shape index (κ3) is 3.78. The molecule has 0 spiro atoms. The number of rotatable bonds is 6. The minimum atomic E-state index is -0.182. The van der Waals surface area contributed by atoms with Crippen molar-refractivity contribution in [2.45, 2.75) is 46.1 Å². The van der Waals surface area contributed by atoms with Gasteiger partial charge in [-0.05, 0) is 49.3 Å². The highest BCUT2D eigenvalue weighted by atomic mass is 16.4. The fourth-order valence-electron chi connectivity index (χ4n) is 2.78. The molecule has 1 saturated carbocycles. The maximum atomic E-state index is 12.6. The zero-order valence-corrected chi connectivity index (χ0v) is 13.9. The molecule has 23 heavy (non-hydrogen) atoms. The highest BCUT2D eigenvalue weighted by molar-refractivity contribution is 5.92. The number of amides is 1. The van der Waals surface area contributed by atoms with E-state index in [2.05, 4.69) is 29.1 Å². The molecule has 5 heteroatoms. The van der Waals surface area contributed by atoms with Gasteiger partial charge in [-0.25, -0.2) is 4.98 Å². The second kappa shape index (κ2) is 6.52. The topological polar surface area (TPSA) is 68.0 Å². The number of pyridine rings is 1. The Kier molecular flexibility index (Phi) is 4.46. The number of nitrogens with one attached hydrogen (secondary N) is 1. The van der Waals surface area contributed by atoms with Gasteiger partial charge in [-0.2, -0.15) is 0 Å². The summed E-state index contributed by atoms with van der Waals surface area (Å²) < 4.78 is 5.69. The van der Waals surface area contributed by atoms with Gasteiger partial charge in [0.1, 0.15) is 0 Å². The molecule has 1 N–H and O–H groups in total. The average Bonchev–Trinajstić information content (AvgIpc) is 3.29. The van der Waals surface area contributed by atoms with Gasteiger partial charge in [0.15, 0.2) is 5.89 Å². The van der Waals surface area contributed by atoms with E-state index in [4.69, 9.17) is 4.42 Å². The minimum Gasteiger partial charge on any atom is -0.435 e. The van der Waals surface area contributed by atoms with Gasteiger partial charge in [0.25, 0.3) is 5.91 Å². The Balaban J connectivity index is 1.76. The fraction of sp³-hybridized carbons (Fsp3) is 0.500. The molecule has 122 valence electrons. The summed E-state index contributed by atoms with van der Waals surface area (Å²) in [7, 11) is 0. The lowest BCUT2D eigenvalue weighted by molar-refractivity contribution is 0.0900. The van der Waals surface area contributed by atoms with Gasteiger partial charge < -0.3 is 9.73 Å². The minimum absolute atomic E-state index is 0.0172. The van der Waals surface area contributed by atoms with E-state index >= 15 is 0 Å². The summed E-state index contributed by atoms with van der Waals surface area (Å²) in [4.78, 5) is 21.0. The number of hydrogen-bond acceptors (Lipinski definition) is 4. The van der Waals surface area contributed by atoms with Gasteiger partial charge in [-0.15, -0.1) is 0 Å². The summed E-state index contributed by atoms with van der Waals surface area (Å²) in [5, 5.41) is 3.12. The van der Waals surface area contributed by atoms with Gasteiger partial charge in [0.2, 0.25) is 5.76 Å². The molecule has 0 aromatic carbocycles. The normalized spacial score (nSPS) is 15.7. The van der Waals surface area contributed by atoms with E-state index in [1.165, 1.54) is 0 Å². The summed E-state index contributed by atoms with van der Waals surface area (Å²) in [5.41, 5.74) is 1.75. The number of oxazole rings is 1. The van der Waals surface area contributed by atoms with Crippen LogP contribution in [-0.4, -0.2) is 15.9 Å². The molecular formula is C18H23N3O2. The first kappa shape index (κ1) is 15.7. The van der Waals surface area contributed by atoms with Gasteiger partial charge in [0.05, 0.1) is 11.7 Å². The Morgan fingerprint density at radius 3 is 2.65 bits per heavy atom. The molecule has 5 nitrogen and oxygen atoms in total. The van der Waals surface area contributed by atoms with E-state index in [-0.39, 0.29) is 11.9 Å². The van der Waals surface area contributed by atoms with Crippen LogP contribution in [0.2, 0.25) is 0 Å². The number of hydrogen-bond donors (Lipinski definition) is 1. The Labute approximate surface area is 136 Å². The van der Waals surface area contributed by atoms with E-state index in [9.17, 15) is 4.79 Å². The van der Waals surface area contributed by atoms with Crippen molar-refractivity contribution in [3.63, 3.8) is 0 Å². The lowest BCUT2D eigenvalue weighted by atomic mass is 10.0. The van der Waals surface area contributed by atoms with E-state index in [1.807, 2.05) is 19.1 Å². The van der Waals surface area contributed by atoms with Crippen molar-refractivity contribution in [2.75, 3.05) is 0 Å². The first-order chi connectivity index (χ1) is 11.0. The van der Waals surface area contributed by atoms with Crippen LogP contribution in [0.15, 0.2) is 28.9 Å². The second-order valence-electron chi connectivity index (χ2n) is 6.69. The zero-order valence-electron chi connectivity index (χ0n) is 13.9. The van der Waals surface area contributed by atoms with Crippen LogP contribution in [0.3, 0.4) is 0 Å². The van der Waals surface area contributed by atoms with Crippen molar-refractivity contribution in [2.24, 2.45) is 11.8 Å². The molecule has 2 aromatic rings. The summed E-state index contributed by atoms with van der Waals surface area (Å²) in [6.07, 6.45) is 6.54. The Hall–Kier alpha value is -2.17. The maximum Gasteiger partial charge on any atom is 0.289 e. The summed E-state index contributed by atoms with van der Waals surface area (Å²) in [6.45, 7) is 6.03. The molecule has 1 aliphatic carbocycles. The third-order valence-corrected chi connectivity index (χ3v) is 4.08. The van der Waals surface area contributed by atoms with Crippen molar-refractivity contribution in [1.29, 1.82) is 0 Å². The number of carbonyl (C=O) groups excluding carboxylic acids is 1. The molecule has 0 saturated heterocycles. The van der Waals surface area contributed by atoms with Crippen LogP contribution in [0.25, 0.3) is 0 Å². The zero-order chi connectivity index (χ0) is 16.4. The van der Waals surface area contributed by atoms with Gasteiger partial charge in [-0.1, -0.05) is 13.8 Å². The largest absolute Gasteiger partial charge is 0.435 e. The van der Waals surface area contributed by atoms with Crippen LogP contribution >= 0.6 is 0 Å². The molecule has 2 heterocycles. The van der Waals surface area contributed by atoms with Crippen LogP contribution in [0.4, 0.5) is 0 Å². The Morgan fingerprint density at radius 2 is 2.04 bits per heavy atom. The predicted molar refractivity (Wildman–Crippen MR) is 87.0 cm³/mol. The van der Waals surface area contributed by atoms with Crippen LogP contribution in [0.5, 0.6) is 0 Å². The molecule has 1 unspecified atom stereocenters. The van der Waals surface area contributed by atoms with E-state index < -0.39 is 0 Å². The molecule has 1 amide bonds.